The Kier molecular flexibility index (Phi) is 5.59. The number of nitrogens with one attached hydrogen (secondary N) is 1. The molecule has 0 spiro atoms. The zero-order valence-electron chi connectivity index (χ0n) is 12.5. The van der Waals surface area contributed by atoms with Gasteiger partial charge in [0.2, 0.25) is 5.88 Å². The third kappa shape index (κ3) is 4.34. The van der Waals surface area contributed by atoms with E-state index < -0.39 is 0 Å². The zero-order chi connectivity index (χ0) is 14.4. The van der Waals surface area contributed by atoms with Crippen LogP contribution in [0.2, 0.25) is 0 Å². The van der Waals surface area contributed by atoms with Crippen molar-refractivity contribution in [3.8, 4) is 5.88 Å². The second-order valence-corrected chi connectivity index (χ2v) is 5.79. The van der Waals surface area contributed by atoms with E-state index in [4.69, 9.17) is 10.5 Å². The van der Waals surface area contributed by atoms with Crippen molar-refractivity contribution in [3.63, 3.8) is 0 Å². The average molecular weight is 278 g/mol. The maximum absolute atomic E-state index is 5.93. The first-order chi connectivity index (χ1) is 9.69. The van der Waals surface area contributed by atoms with Crippen LogP contribution in [-0.4, -0.2) is 28.7 Å². The van der Waals surface area contributed by atoms with Gasteiger partial charge in [-0.25, -0.2) is 0 Å². The summed E-state index contributed by atoms with van der Waals surface area (Å²) in [7, 11) is 0. The van der Waals surface area contributed by atoms with Crippen molar-refractivity contribution in [2.45, 2.75) is 58.1 Å². The first-order valence-corrected chi connectivity index (χ1v) is 7.64. The summed E-state index contributed by atoms with van der Waals surface area (Å²) in [6, 6.07) is 0.277. The van der Waals surface area contributed by atoms with Crippen molar-refractivity contribution in [1.29, 1.82) is 0 Å². The summed E-state index contributed by atoms with van der Waals surface area (Å²) in [5, 5.41) is 3.43. The van der Waals surface area contributed by atoms with Gasteiger partial charge in [-0.3, -0.25) is 4.98 Å². The first-order valence-electron chi connectivity index (χ1n) is 7.64. The van der Waals surface area contributed by atoms with Gasteiger partial charge in [-0.15, -0.1) is 0 Å². The van der Waals surface area contributed by atoms with Crippen LogP contribution < -0.4 is 15.8 Å². The highest BCUT2D eigenvalue weighted by atomic mass is 16.5. The molecule has 0 radical (unpaired) electrons. The van der Waals surface area contributed by atoms with Gasteiger partial charge >= 0.3 is 0 Å². The van der Waals surface area contributed by atoms with Crippen molar-refractivity contribution >= 4 is 5.82 Å². The van der Waals surface area contributed by atoms with Crippen LogP contribution in [-0.2, 0) is 0 Å². The molecule has 1 unspecified atom stereocenters. The Balaban J connectivity index is 1.99. The molecule has 0 bridgehead atoms. The van der Waals surface area contributed by atoms with E-state index >= 15 is 0 Å². The van der Waals surface area contributed by atoms with Crippen LogP contribution in [0.15, 0.2) is 12.4 Å². The van der Waals surface area contributed by atoms with Gasteiger partial charge in [0.05, 0.1) is 18.5 Å². The molecule has 1 atom stereocenters. The largest absolute Gasteiger partial charge is 0.474 e. The molecule has 1 aliphatic carbocycles. The standard InChI is InChI=1S/C15H26N4O/c1-11(2)20-15-10-17-9-14(19-15)18-13(8-16)12-6-4-3-5-7-12/h9-13H,3-8,16H2,1-2H3,(H,18,19). The summed E-state index contributed by atoms with van der Waals surface area (Å²) in [5.41, 5.74) is 5.93. The lowest BCUT2D eigenvalue weighted by atomic mass is 9.84. The quantitative estimate of drug-likeness (QED) is 0.836. The van der Waals surface area contributed by atoms with Crippen LogP contribution in [0.1, 0.15) is 46.0 Å². The predicted molar refractivity (Wildman–Crippen MR) is 80.8 cm³/mol. The third-order valence-corrected chi connectivity index (χ3v) is 3.77. The van der Waals surface area contributed by atoms with E-state index in [1.165, 1.54) is 32.1 Å². The van der Waals surface area contributed by atoms with Gasteiger partial charge in [0.25, 0.3) is 0 Å². The lowest BCUT2D eigenvalue weighted by Gasteiger charge is -2.30. The lowest BCUT2D eigenvalue weighted by Crippen LogP contribution is -2.37. The lowest BCUT2D eigenvalue weighted by molar-refractivity contribution is 0.231. The molecule has 5 heteroatoms. The fourth-order valence-electron chi connectivity index (χ4n) is 2.81. The molecular weight excluding hydrogens is 252 g/mol. The number of hydrogen-bond donors (Lipinski definition) is 2. The molecular formula is C15H26N4O. The zero-order valence-corrected chi connectivity index (χ0v) is 12.5. The molecule has 20 heavy (non-hydrogen) atoms. The second-order valence-electron chi connectivity index (χ2n) is 5.79. The van der Waals surface area contributed by atoms with Gasteiger partial charge in [0, 0.05) is 12.6 Å². The topological polar surface area (TPSA) is 73.1 Å². The van der Waals surface area contributed by atoms with Crippen LogP contribution in [0.25, 0.3) is 0 Å². The smallest absolute Gasteiger partial charge is 0.234 e. The highest BCUT2D eigenvalue weighted by molar-refractivity contribution is 5.35. The van der Waals surface area contributed by atoms with E-state index in [9.17, 15) is 0 Å². The Morgan fingerprint density at radius 2 is 2.05 bits per heavy atom. The minimum atomic E-state index is 0.100. The minimum absolute atomic E-state index is 0.100. The maximum Gasteiger partial charge on any atom is 0.234 e. The molecule has 3 N–H and O–H groups in total. The molecule has 112 valence electrons. The van der Waals surface area contributed by atoms with E-state index in [0.29, 0.717) is 18.3 Å². The number of nitrogens with zero attached hydrogens (tertiary/aromatic N) is 2. The number of aromatic nitrogens is 2. The summed E-state index contributed by atoms with van der Waals surface area (Å²) < 4.78 is 5.57. The SMILES string of the molecule is CC(C)Oc1cncc(NC(CN)C2CCCCC2)n1. The van der Waals surface area contributed by atoms with Crippen molar-refractivity contribution in [2.75, 3.05) is 11.9 Å². The average Bonchev–Trinajstić information content (AvgIpc) is 2.45. The molecule has 0 aromatic carbocycles. The number of hydrogen-bond acceptors (Lipinski definition) is 5. The van der Waals surface area contributed by atoms with Gasteiger partial charge in [0.15, 0.2) is 0 Å². The number of nitrogens with two attached hydrogens (primary N) is 1. The predicted octanol–water partition coefficient (Wildman–Crippen LogP) is 2.58. The van der Waals surface area contributed by atoms with Gasteiger partial charge in [0.1, 0.15) is 5.82 Å². The Morgan fingerprint density at radius 1 is 1.30 bits per heavy atom. The molecule has 0 amide bonds. The van der Waals surface area contributed by atoms with Crippen LogP contribution in [0.4, 0.5) is 5.82 Å². The van der Waals surface area contributed by atoms with E-state index in [-0.39, 0.29) is 12.1 Å². The second kappa shape index (κ2) is 7.43. The van der Waals surface area contributed by atoms with Crippen molar-refractivity contribution in [1.82, 2.24) is 9.97 Å². The molecule has 0 aliphatic heterocycles. The van der Waals surface area contributed by atoms with Crippen molar-refractivity contribution < 1.29 is 4.74 Å². The van der Waals surface area contributed by atoms with Crippen LogP contribution >= 0.6 is 0 Å². The highest BCUT2D eigenvalue weighted by Gasteiger charge is 2.22. The van der Waals surface area contributed by atoms with Crippen LogP contribution in [0, 0.1) is 5.92 Å². The van der Waals surface area contributed by atoms with Gasteiger partial charge in [-0.1, -0.05) is 19.3 Å². The first kappa shape index (κ1) is 15.0. The Bertz CT molecular complexity index is 405. The van der Waals surface area contributed by atoms with Gasteiger partial charge in [-0.2, -0.15) is 4.98 Å². The molecule has 1 aromatic heterocycles. The van der Waals surface area contributed by atoms with E-state index in [1.54, 1.807) is 12.4 Å². The fourth-order valence-corrected chi connectivity index (χ4v) is 2.81. The van der Waals surface area contributed by atoms with Gasteiger partial charge < -0.3 is 15.8 Å². The molecule has 2 rings (SSSR count). The Morgan fingerprint density at radius 3 is 2.70 bits per heavy atom. The molecule has 0 saturated heterocycles. The molecule has 1 saturated carbocycles. The summed E-state index contributed by atoms with van der Waals surface area (Å²) in [6.45, 7) is 4.58. The summed E-state index contributed by atoms with van der Waals surface area (Å²) in [6.07, 6.45) is 9.96. The minimum Gasteiger partial charge on any atom is -0.474 e. The molecule has 5 nitrogen and oxygen atoms in total. The van der Waals surface area contributed by atoms with E-state index in [1.807, 2.05) is 13.8 Å². The monoisotopic (exact) mass is 278 g/mol. The van der Waals surface area contributed by atoms with Crippen LogP contribution in [0.5, 0.6) is 5.88 Å². The summed E-state index contributed by atoms with van der Waals surface area (Å²) >= 11 is 0. The normalized spacial score (nSPS) is 18.0. The maximum atomic E-state index is 5.93. The van der Waals surface area contributed by atoms with Crippen molar-refractivity contribution in [3.05, 3.63) is 12.4 Å². The van der Waals surface area contributed by atoms with Crippen molar-refractivity contribution in [2.24, 2.45) is 11.7 Å². The van der Waals surface area contributed by atoms with Crippen LogP contribution in [0.3, 0.4) is 0 Å². The van der Waals surface area contributed by atoms with Gasteiger partial charge in [-0.05, 0) is 32.6 Å². The molecule has 1 heterocycles. The number of anilines is 1. The van der Waals surface area contributed by atoms with E-state index in [0.717, 1.165) is 5.82 Å². The summed E-state index contributed by atoms with van der Waals surface area (Å²) in [5.74, 6) is 1.96. The Hall–Kier alpha value is -1.36. The third-order valence-electron chi connectivity index (χ3n) is 3.77. The fraction of sp³-hybridized carbons (Fsp3) is 0.733. The molecule has 1 aliphatic rings. The van der Waals surface area contributed by atoms with E-state index in [2.05, 4.69) is 15.3 Å². The number of ether oxygens (including phenoxy) is 1. The number of rotatable bonds is 6. The molecule has 1 aromatic rings. The Labute approximate surface area is 121 Å². The molecule has 1 fully saturated rings. The highest BCUT2D eigenvalue weighted by Crippen LogP contribution is 2.27. The summed E-state index contributed by atoms with van der Waals surface area (Å²) in [4.78, 5) is 8.62.